The standard InChI is InChI=1S/C11H15NO2S/c1-7-8(11(13)14-2)6-10(15-7)9-4-3-5-12-9/h6,9,12H,3-5H2,1-2H3. The Balaban J connectivity index is 2.23. The van der Waals surface area contributed by atoms with E-state index >= 15 is 0 Å². The normalized spacial score (nSPS) is 20.5. The maximum Gasteiger partial charge on any atom is 0.338 e. The number of hydrogen-bond acceptors (Lipinski definition) is 4. The smallest absolute Gasteiger partial charge is 0.338 e. The summed E-state index contributed by atoms with van der Waals surface area (Å²) >= 11 is 1.69. The zero-order valence-corrected chi connectivity index (χ0v) is 9.82. The van der Waals surface area contributed by atoms with E-state index in [1.807, 2.05) is 13.0 Å². The van der Waals surface area contributed by atoms with Gasteiger partial charge >= 0.3 is 5.97 Å². The summed E-state index contributed by atoms with van der Waals surface area (Å²) < 4.78 is 4.74. The van der Waals surface area contributed by atoms with E-state index in [9.17, 15) is 4.79 Å². The van der Waals surface area contributed by atoms with Crippen LogP contribution in [-0.2, 0) is 4.74 Å². The Kier molecular flexibility index (Phi) is 3.07. The average Bonchev–Trinajstić information content (AvgIpc) is 2.84. The molecule has 0 amide bonds. The molecule has 0 aliphatic carbocycles. The van der Waals surface area contributed by atoms with Crippen molar-refractivity contribution in [1.82, 2.24) is 5.32 Å². The summed E-state index contributed by atoms with van der Waals surface area (Å²) in [5.74, 6) is -0.229. The predicted octanol–water partition coefficient (Wildman–Crippen LogP) is 2.27. The molecule has 0 radical (unpaired) electrons. The molecule has 2 heterocycles. The van der Waals surface area contributed by atoms with E-state index in [1.165, 1.54) is 24.8 Å². The monoisotopic (exact) mass is 225 g/mol. The molecule has 1 atom stereocenters. The molecule has 0 saturated carbocycles. The van der Waals surface area contributed by atoms with Crippen LogP contribution in [0.4, 0.5) is 0 Å². The number of hydrogen-bond donors (Lipinski definition) is 1. The first kappa shape index (κ1) is 10.6. The van der Waals surface area contributed by atoms with Gasteiger partial charge in [0, 0.05) is 15.8 Å². The van der Waals surface area contributed by atoms with Crippen molar-refractivity contribution in [2.45, 2.75) is 25.8 Å². The van der Waals surface area contributed by atoms with E-state index in [-0.39, 0.29) is 5.97 Å². The number of nitrogens with one attached hydrogen (secondary N) is 1. The second kappa shape index (κ2) is 4.33. The second-order valence-electron chi connectivity index (χ2n) is 3.76. The van der Waals surface area contributed by atoms with Crippen molar-refractivity contribution >= 4 is 17.3 Å². The van der Waals surface area contributed by atoms with Gasteiger partial charge in [0.05, 0.1) is 12.7 Å². The van der Waals surface area contributed by atoms with E-state index < -0.39 is 0 Å². The minimum atomic E-state index is -0.229. The van der Waals surface area contributed by atoms with Gasteiger partial charge in [-0.2, -0.15) is 0 Å². The molecule has 4 heteroatoms. The number of carbonyl (C=O) groups excluding carboxylic acids is 1. The summed E-state index contributed by atoms with van der Waals surface area (Å²) in [5.41, 5.74) is 0.714. The highest BCUT2D eigenvalue weighted by Crippen LogP contribution is 2.31. The van der Waals surface area contributed by atoms with Crippen LogP contribution in [0.2, 0.25) is 0 Å². The highest BCUT2D eigenvalue weighted by molar-refractivity contribution is 7.12. The third-order valence-corrected chi connectivity index (χ3v) is 3.91. The van der Waals surface area contributed by atoms with Crippen LogP contribution in [0.3, 0.4) is 0 Å². The van der Waals surface area contributed by atoms with E-state index in [0.29, 0.717) is 11.6 Å². The van der Waals surface area contributed by atoms with Crippen molar-refractivity contribution in [2.24, 2.45) is 0 Å². The first-order valence-electron chi connectivity index (χ1n) is 5.14. The summed E-state index contributed by atoms with van der Waals surface area (Å²) in [5, 5.41) is 3.43. The van der Waals surface area contributed by atoms with Gasteiger partial charge < -0.3 is 10.1 Å². The first-order chi connectivity index (χ1) is 7.22. The van der Waals surface area contributed by atoms with Gasteiger partial charge in [-0.25, -0.2) is 4.79 Å². The van der Waals surface area contributed by atoms with Crippen LogP contribution in [0, 0.1) is 6.92 Å². The van der Waals surface area contributed by atoms with Gasteiger partial charge in [-0.1, -0.05) is 0 Å². The first-order valence-corrected chi connectivity index (χ1v) is 5.96. The molecule has 15 heavy (non-hydrogen) atoms. The Morgan fingerprint density at radius 3 is 3.07 bits per heavy atom. The van der Waals surface area contributed by atoms with Crippen molar-refractivity contribution < 1.29 is 9.53 Å². The molecule has 0 aromatic carbocycles. The molecule has 1 aromatic rings. The molecule has 0 spiro atoms. The number of aryl methyl sites for hydroxylation is 1. The van der Waals surface area contributed by atoms with Crippen LogP contribution in [0.15, 0.2) is 6.07 Å². The molecule has 1 fully saturated rings. The third kappa shape index (κ3) is 2.06. The third-order valence-electron chi connectivity index (χ3n) is 2.75. The van der Waals surface area contributed by atoms with Gasteiger partial charge in [0.25, 0.3) is 0 Å². The molecule has 1 aliphatic rings. The molecule has 1 saturated heterocycles. The van der Waals surface area contributed by atoms with Gasteiger partial charge in [0.2, 0.25) is 0 Å². The molecule has 3 nitrogen and oxygen atoms in total. The number of rotatable bonds is 2. The summed E-state index contributed by atoms with van der Waals surface area (Å²) in [6.45, 7) is 3.05. The highest BCUT2D eigenvalue weighted by Gasteiger charge is 2.21. The van der Waals surface area contributed by atoms with Crippen molar-refractivity contribution in [3.8, 4) is 0 Å². The largest absolute Gasteiger partial charge is 0.465 e. The molecular formula is C11H15NO2S. The summed E-state index contributed by atoms with van der Waals surface area (Å²) in [4.78, 5) is 13.7. The van der Waals surface area contributed by atoms with E-state index in [1.54, 1.807) is 11.3 Å². The summed E-state index contributed by atoms with van der Waals surface area (Å²) in [6.07, 6.45) is 2.38. The Morgan fingerprint density at radius 1 is 1.67 bits per heavy atom. The highest BCUT2D eigenvalue weighted by atomic mass is 32.1. The lowest BCUT2D eigenvalue weighted by atomic mass is 10.1. The number of ether oxygens (including phenoxy) is 1. The fourth-order valence-corrected chi connectivity index (χ4v) is 3.04. The van der Waals surface area contributed by atoms with Gasteiger partial charge in [0.15, 0.2) is 0 Å². The van der Waals surface area contributed by atoms with Crippen LogP contribution in [-0.4, -0.2) is 19.6 Å². The molecular weight excluding hydrogens is 210 g/mol. The Bertz CT molecular complexity index is 367. The fraction of sp³-hybridized carbons (Fsp3) is 0.545. The predicted molar refractivity (Wildman–Crippen MR) is 60.4 cm³/mol. The molecule has 82 valence electrons. The van der Waals surface area contributed by atoms with Gasteiger partial charge in [0.1, 0.15) is 0 Å². The zero-order chi connectivity index (χ0) is 10.8. The topological polar surface area (TPSA) is 38.3 Å². The van der Waals surface area contributed by atoms with Crippen molar-refractivity contribution in [1.29, 1.82) is 0 Å². The number of esters is 1. The van der Waals surface area contributed by atoms with E-state index in [4.69, 9.17) is 4.74 Å². The maximum absolute atomic E-state index is 11.4. The fourth-order valence-electron chi connectivity index (χ4n) is 1.92. The maximum atomic E-state index is 11.4. The van der Waals surface area contributed by atoms with Crippen LogP contribution < -0.4 is 5.32 Å². The van der Waals surface area contributed by atoms with Crippen LogP contribution in [0.25, 0.3) is 0 Å². The summed E-state index contributed by atoms with van der Waals surface area (Å²) in [7, 11) is 1.42. The molecule has 1 unspecified atom stereocenters. The Labute approximate surface area is 93.4 Å². The minimum absolute atomic E-state index is 0.229. The van der Waals surface area contributed by atoms with E-state index in [2.05, 4.69) is 5.32 Å². The zero-order valence-electron chi connectivity index (χ0n) is 9.00. The number of thiophene rings is 1. The van der Waals surface area contributed by atoms with Gasteiger partial charge in [-0.15, -0.1) is 11.3 Å². The molecule has 2 rings (SSSR count). The van der Waals surface area contributed by atoms with Crippen molar-refractivity contribution in [3.05, 3.63) is 21.4 Å². The summed E-state index contributed by atoms with van der Waals surface area (Å²) in [6, 6.07) is 2.40. The molecule has 1 N–H and O–H groups in total. The van der Waals surface area contributed by atoms with E-state index in [0.717, 1.165) is 11.4 Å². The van der Waals surface area contributed by atoms with Crippen molar-refractivity contribution in [2.75, 3.05) is 13.7 Å². The SMILES string of the molecule is COC(=O)c1cc(C2CCCN2)sc1C. The Morgan fingerprint density at radius 2 is 2.47 bits per heavy atom. The lowest BCUT2D eigenvalue weighted by molar-refractivity contribution is 0.0600. The van der Waals surface area contributed by atoms with Gasteiger partial charge in [-0.05, 0) is 32.4 Å². The van der Waals surface area contributed by atoms with Gasteiger partial charge in [-0.3, -0.25) is 0 Å². The average molecular weight is 225 g/mol. The number of methoxy groups -OCH3 is 1. The lowest BCUT2D eigenvalue weighted by Gasteiger charge is -2.05. The molecule has 1 aromatic heterocycles. The number of carbonyl (C=O) groups is 1. The van der Waals surface area contributed by atoms with Crippen molar-refractivity contribution in [3.63, 3.8) is 0 Å². The molecule has 1 aliphatic heterocycles. The van der Waals surface area contributed by atoms with Crippen LogP contribution in [0.1, 0.15) is 39.0 Å². The minimum Gasteiger partial charge on any atom is -0.465 e. The lowest BCUT2D eigenvalue weighted by Crippen LogP contribution is -2.11. The van der Waals surface area contributed by atoms with Crippen LogP contribution in [0.5, 0.6) is 0 Å². The Hall–Kier alpha value is -0.870. The second-order valence-corrected chi connectivity index (χ2v) is 5.05. The quantitative estimate of drug-likeness (QED) is 0.785. The molecule has 0 bridgehead atoms. The van der Waals surface area contributed by atoms with Crippen LogP contribution >= 0.6 is 11.3 Å².